The van der Waals surface area contributed by atoms with E-state index in [1.807, 2.05) is 31.2 Å². The molecular formula is C18H15ClO4. The van der Waals surface area contributed by atoms with Crippen molar-refractivity contribution in [3.63, 3.8) is 0 Å². The highest BCUT2D eigenvalue weighted by Gasteiger charge is 2.13. The van der Waals surface area contributed by atoms with E-state index in [0.29, 0.717) is 27.5 Å². The highest BCUT2D eigenvalue weighted by molar-refractivity contribution is 6.29. The van der Waals surface area contributed by atoms with Crippen molar-refractivity contribution in [3.05, 3.63) is 57.9 Å². The number of benzene rings is 2. The van der Waals surface area contributed by atoms with Crippen molar-refractivity contribution < 1.29 is 13.9 Å². The van der Waals surface area contributed by atoms with Gasteiger partial charge in [-0.05, 0) is 37.3 Å². The number of aryl methyl sites for hydroxylation is 1. The molecule has 0 aliphatic heterocycles. The minimum atomic E-state index is -0.409. The van der Waals surface area contributed by atoms with Crippen molar-refractivity contribution in [2.24, 2.45) is 0 Å². The lowest BCUT2D eigenvalue weighted by Gasteiger charge is -2.11. The fourth-order valence-electron chi connectivity index (χ4n) is 2.53. The first kappa shape index (κ1) is 15.4. The van der Waals surface area contributed by atoms with Crippen LogP contribution in [-0.2, 0) is 0 Å². The maximum absolute atomic E-state index is 12.3. The summed E-state index contributed by atoms with van der Waals surface area (Å²) in [6.07, 6.45) is 0. The van der Waals surface area contributed by atoms with E-state index in [2.05, 4.69) is 6.58 Å². The summed E-state index contributed by atoms with van der Waals surface area (Å²) in [5.74, 6) is 1.22. The Morgan fingerprint density at radius 3 is 2.65 bits per heavy atom. The van der Waals surface area contributed by atoms with Gasteiger partial charge >= 0.3 is 5.63 Å². The van der Waals surface area contributed by atoms with Gasteiger partial charge in [0.05, 0.1) is 12.5 Å². The first-order valence-corrected chi connectivity index (χ1v) is 7.39. The molecule has 0 atom stereocenters. The average Bonchev–Trinajstić information content (AvgIpc) is 2.54. The van der Waals surface area contributed by atoms with Gasteiger partial charge < -0.3 is 13.9 Å². The van der Waals surface area contributed by atoms with Crippen LogP contribution in [0.1, 0.15) is 5.56 Å². The van der Waals surface area contributed by atoms with E-state index < -0.39 is 5.63 Å². The quantitative estimate of drug-likeness (QED) is 0.525. The molecule has 0 fully saturated rings. The maximum Gasteiger partial charge on any atom is 0.344 e. The van der Waals surface area contributed by atoms with E-state index in [1.165, 1.54) is 0 Å². The fourth-order valence-corrected chi connectivity index (χ4v) is 2.59. The molecule has 3 aromatic rings. The van der Waals surface area contributed by atoms with Gasteiger partial charge in [0.25, 0.3) is 0 Å². The number of halogens is 1. The largest absolute Gasteiger partial charge is 0.497 e. The van der Waals surface area contributed by atoms with Crippen molar-refractivity contribution in [1.82, 2.24) is 0 Å². The maximum atomic E-state index is 12.3. The topological polar surface area (TPSA) is 48.7 Å². The molecule has 0 radical (unpaired) electrons. The van der Waals surface area contributed by atoms with Crippen LogP contribution in [0.3, 0.4) is 0 Å². The smallest absolute Gasteiger partial charge is 0.344 e. The van der Waals surface area contributed by atoms with E-state index in [0.717, 1.165) is 16.3 Å². The molecule has 0 saturated carbocycles. The van der Waals surface area contributed by atoms with Gasteiger partial charge in [0.15, 0.2) is 0 Å². The molecule has 1 aromatic heterocycles. The summed E-state index contributed by atoms with van der Waals surface area (Å²) in [5, 5.41) is 2.54. The van der Waals surface area contributed by atoms with Crippen molar-refractivity contribution in [2.45, 2.75) is 6.92 Å². The van der Waals surface area contributed by atoms with E-state index >= 15 is 0 Å². The molecule has 0 aliphatic rings. The second-order valence-corrected chi connectivity index (χ2v) is 5.71. The van der Waals surface area contributed by atoms with E-state index in [4.69, 9.17) is 25.5 Å². The summed E-state index contributed by atoms with van der Waals surface area (Å²) < 4.78 is 16.3. The number of fused-ring (bicyclic) bond motifs is 3. The van der Waals surface area contributed by atoms with Crippen LogP contribution in [0.4, 0.5) is 0 Å². The first-order valence-electron chi connectivity index (χ1n) is 7.01. The van der Waals surface area contributed by atoms with Gasteiger partial charge in [-0.15, -0.1) is 0 Å². The second-order valence-electron chi connectivity index (χ2n) is 5.17. The van der Waals surface area contributed by atoms with Gasteiger partial charge in [-0.2, -0.15) is 0 Å². The van der Waals surface area contributed by atoms with Crippen LogP contribution in [-0.4, -0.2) is 13.7 Å². The molecule has 5 heteroatoms. The van der Waals surface area contributed by atoms with Crippen molar-refractivity contribution >= 4 is 33.3 Å². The highest BCUT2D eigenvalue weighted by atomic mass is 35.5. The Hall–Kier alpha value is -2.46. The van der Waals surface area contributed by atoms with Gasteiger partial charge in [-0.1, -0.05) is 18.2 Å². The molecule has 0 bridgehead atoms. The molecule has 4 nitrogen and oxygen atoms in total. The number of rotatable bonds is 4. The Morgan fingerprint density at radius 2 is 1.96 bits per heavy atom. The van der Waals surface area contributed by atoms with E-state index in [9.17, 15) is 4.79 Å². The van der Waals surface area contributed by atoms with Gasteiger partial charge in [0.1, 0.15) is 23.7 Å². The standard InChI is InChI=1S/C18H15ClO4/c1-10(19)9-22-16-7-6-14-13-5-4-12(21-3)8-15(13)18(20)23-17(14)11(16)2/h4-8H,1,9H2,2-3H3. The summed E-state index contributed by atoms with van der Waals surface area (Å²) in [7, 11) is 1.56. The number of ether oxygens (including phenoxy) is 2. The van der Waals surface area contributed by atoms with Crippen molar-refractivity contribution in [2.75, 3.05) is 13.7 Å². The Bertz CT molecular complexity index is 972. The summed E-state index contributed by atoms with van der Waals surface area (Å²) >= 11 is 5.73. The van der Waals surface area contributed by atoms with Crippen molar-refractivity contribution in [3.8, 4) is 11.5 Å². The third-order valence-electron chi connectivity index (χ3n) is 3.67. The van der Waals surface area contributed by atoms with Crippen molar-refractivity contribution in [1.29, 1.82) is 0 Å². The molecule has 118 valence electrons. The molecule has 0 aliphatic carbocycles. The molecule has 2 aromatic carbocycles. The van der Waals surface area contributed by atoms with Crippen LogP contribution < -0.4 is 15.1 Å². The van der Waals surface area contributed by atoms with Crippen LogP contribution >= 0.6 is 11.6 Å². The fraction of sp³-hybridized carbons (Fsp3) is 0.167. The average molecular weight is 331 g/mol. The third-order valence-corrected chi connectivity index (χ3v) is 3.78. The predicted molar refractivity (Wildman–Crippen MR) is 91.8 cm³/mol. The summed E-state index contributed by atoms with van der Waals surface area (Å²) in [5.41, 5.74) is 0.842. The van der Waals surface area contributed by atoms with Gasteiger partial charge in [0.2, 0.25) is 0 Å². The van der Waals surface area contributed by atoms with Crippen LogP contribution in [0.25, 0.3) is 21.7 Å². The van der Waals surface area contributed by atoms with Gasteiger partial charge in [-0.3, -0.25) is 0 Å². The summed E-state index contributed by atoms with van der Waals surface area (Å²) in [6.45, 7) is 5.63. The van der Waals surface area contributed by atoms with Crippen LogP contribution in [0.2, 0.25) is 0 Å². The number of hydrogen-bond donors (Lipinski definition) is 0. The Morgan fingerprint density at radius 1 is 1.22 bits per heavy atom. The van der Waals surface area contributed by atoms with Crippen LogP contribution in [0, 0.1) is 6.92 Å². The van der Waals surface area contributed by atoms with E-state index in [1.54, 1.807) is 13.2 Å². The van der Waals surface area contributed by atoms with Crippen LogP contribution in [0.5, 0.6) is 11.5 Å². The molecular weight excluding hydrogens is 316 g/mol. The predicted octanol–water partition coefficient (Wildman–Crippen LogP) is 4.39. The minimum Gasteiger partial charge on any atom is -0.497 e. The third kappa shape index (κ3) is 2.78. The zero-order chi connectivity index (χ0) is 16.6. The van der Waals surface area contributed by atoms with Crippen LogP contribution in [0.15, 0.2) is 51.2 Å². The molecule has 1 heterocycles. The lowest BCUT2D eigenvalue weighted by atomic mass is 10.0. The Balaban J connectivity index is 2.25. The lowest BCUT2D eigenvalue weighted by molar-refractivity contribution is 0.356. The number of methoxy groups -OCH3 is 1. The number of hydrogen-bond acceptors (Lipinski definition) is 4. The first-order chi connectivity index (χ1) is 11.0. The summed E-state index contributed by atoms with van der Waals surface area (Å²) in [4.78, 5) is 12.3. The minimum absolute atomic E-state index is 0.197. The summed E-state index contributed by atoms with van der Waals surface area (Å²) in [6, 6.07) is 9.05. The normalized spacial score (nSPS) is 10.9. The molecule has 0 spiro atoms. The molecule has 23 heavy (non-hydrogen) atoms. The highest BCUT2D eigenvalue weighted by Crippen LogP contribution is 2.32. The van der Waals surface area contributed by atoms with Gasteiger partial charge in [0, 0.05) is 21.4 Å². The Labute approximate surface area is 137 Å². The lowest BCUT2D eigenvalue weighted by Crippen LogP contribution is -2.03. The zero-order valence-corrected chi connectivity index (χ0v) is 13.6. The SMILES string of the molecule is C=C(Cl)COc1ccc2c(oc(=O)c3cc(OC)ccc32)c1C. The molecule has 0 unspecified atom stereocenters. The molecule has 0 amide bonds. The molecule has 0 N–H and O–H groups in total. The second kappa shape index (κ2) is 5.97. The zero-order valence-electron chi connectivity index (χ0n) is 12.8. The monoisotopic (exact) mass is 330 g/mol. The Kier molecular flexibility index (Phi) is 4.01. The molecule has 3 rings (SSSR count). The molecule has 0 saturated heterocycles. The van der Waals surface area contributed by atoms with Gasteiger partial charge in [-0.25, -0.2) is 4.79 Å². The van der Waals surface area contributed by atoms with E-state index in [-0.39, 0.29) is 6.61 Å².